The lowest BCUT2D eigenvalue weighted by Crippen LogP contribution is -2.48. The number of benzene rings is 1. The molecule has 0 fully saturated rings. The van der Waals surface area contributed by atoms with E-state index in [1.807, 2.05) is 45.2 Å². The maximum Gasteiger partial charge on any atom is 0.272 e. The predicted molar refractivity (Wildman–Crippen MR) is 74.0 cm³/mol. The molecule has 0 saturated heterocycles. The molecule has 2 rings (SSSR count). The highest BCUT2D eigenvalue weighted by molar-refractivity contribution is 6.05. The zero-order valence-electron chi connectivity index (χ0n) is 11.5. The number of nitrogens with one attached hydrogen (secondary N) is 1. The molecule has 5 heteroatoms. The van der Waals surface area contributed by atoms with E-state index in [1.165, 1.54) is 0 Å². The quantitative estimate of drug-likeness (QED) is 0.875. The molecular formula is C14H19N3O2. The van der Waals surface area contributed by atoms with Crippen LogP contribution in [-0.4, -0.2) is 32.9 Å². The van der Waals surface area contributed by atoms with Crippen molar-refractivity contribution in [1.29, 1.82) is 0 Å². The van der Waals surface area contributed by atoms with Gasteiger partial charge in [0.05, 0.1) is 17.7 Å². The molecule has 0 bridgehead atoms. The molecule has 19 heavy (non-hydrogen) atoms. The molecule has 0 saturated carbocycles. The van der Waals surface area contributed by atoms with Crippen molar-refractivity contribution < 1.29 is 9.90 Å². The Labute approximate surface area is 112 Å². The van der Waals surface area contributed by atoms with E-state index in [9.17, 15) is 9.90 Å². The van der Waals surface area contributed by atoms with Crippen LogP contribution in [0.15, 0.2) is 24.3 Å². The number of nitrogens with zero attached hydrogens (tertiary/aromatic N) is 2. The van der Waals surface area contributed by atoms with Crippen molar-refractivity contribution >= 4 is 16.8 Å². The van der Waals surface area contributed by atoms with Crippen molar-refractivity contribution in [2.75, 3.05) is 6.61 Å². The normalized spacial score (nSPS) is 14.3. The summed E-state index contributed by atoms with van der Waals surface area (Å²) in [4.78, 5) is 12.3. The SMILES string of the molecule is CCC(C)(CO)NC(=O)c1nn(C)c2ccccc12. The van der Waals surface area contributed by atoms with Crippen LogP contribution >= 0.6 is 0 Å². The van der Waals surface area contributed by atoms with Crippen LogP contribution in [0, 0.1) is 0 Å². The van der Waals surface area contributed by atoms with E-state index in [4.69, 9.17) is 0 Å². The Balaban J connectivity index is 2.37. The zero-order valence-corrected chi connectivity index (χ0v) is 11.5. The van der Waals surface area contributed by atoms with Crippen molar-refractivity contribution in [3.63, 3.8) is 0 Å². The van der Waals surface area contributed by atoms with E-state index in [2.05, 4.69) is 10.4 Å². The van der Waals surface area contributed by atoms with Gasteiger partial charge in [0.1, 0.15) is 0 Å². The van der Waals surface area contributed by atoms with Gasteiger partial charge in [0.15, 0.2) is 5.69 Å². The van der Waals surface area contributed by atoms with Crippen LogP contribution in [0.2, 0.25) is 0 Å². The number of amides is 1. The molecule has 1 unspecified atom stereocenters. The maximum absolute atomic E-state index is 12.3. The summed E-state index contributed by atoms with van der Waals surface area (Å²) in [6.45, 7) is 3.64. The summed E-state index contributed by atoms with van der Waals surface area (Å²) < 4.78 is 1.69. The monoisotopic (exact) mass is 261 g/mol. The van der Waals surface area contributed by atoms with Gasteiger partial charge in [0, 0.05) is 12.4 Å². The predicted octanol–water partition coefficient (Wildman–Crippen LogP) is 1.46. The highest BCUT2D eigenvalue weighted by Gasteiger charge is 2.26. The highest BCUT2D eigenvalue weighted by atomic mass is 16.3. The summed E-state index contributed by atoms with van der Waals surface area (Å²) >= 11 is 0. The van der Waals surface area contributed by atoms with Crippen LogP contribution in [0.3, 0.4) is 0 Å². The fourth-order valence-electron chi connectivity index (χ4n) is 1.95. The standard InChI is InChI=1S/C14H19N3O2/c1-4-14(2,9-18)15-13(19)12-10-7-5-6-8-11(10)17(3)16-12/h5-8,18H,4,9H2,1-3H3,(H,15,19). The topological polar surface area (TPSA) is 67.2 Å². The van der Waals surface area contributed by atoms with Crippen molar-refractivity contribution in [3.05, 3.63) is 30.0 Å². The van der Waals surface area contributed by atoms with E-state index >= 15 is 0 Å². The summed E-state index contributed by atoms with van der Waals surface area (Å²) in [5.41, 5.74) is 0.691. The van der Waals surface area contributed by atoms with Gasteiger partial charge in [-0.1, -0.05) is 25.1 Å². The summed E-state index contributed by atoms with van der Waals surface area (Å²) in [6.07, 6.45) is 0.653. The van der Waals surface area contributed by atoms with E-state index in [0.717, 1.165) is 10.9 Å². The summed E-state index contributed by atoms with van der Waals surface area (Å²) in [7, 11) is 1.81. The van der Waals surface area contributed by atoms with Crippen molar-refractivity contribution in [1.82, 2.24) is 15.1 Å². The zero-order chi connectivity index (χ0) is 14.0. The first-order valence-corrected chi connectivity index (χ1v) is 6.36. The van der Waals surface area contributed by atoms with Crippen LogP contribution in [0.25, 0.3) is 10.9 Å². The molecule has 2 aromatic rings. The van der Waals surface area contributed by atoms with Gasteiger partial charge in [-0.3, -0.25) is 9.48 Å². The van der Waals surface area contributed by atoms with Crippen LogP contribution in [-0.2, 0) is 7.05 Å². The van der Waals surface area contributed by atoms with Crippen LogP contribution < -0.4 is 5.32 Å². The fraction of sp³-hybridized carbons (Fsp3) is 0.429. The summed E-state index contributed by atoms with van der Waals surface area (Å²) in [5.74, 6) is -0.254. The maximum atomic E-state index is 12.3. The average molecular weight is 261 g/mol. The first-order chi connectivity index (χ1) is 9.00. The number of aliphatic hydroxyl groups excluding tert-OH is 1. The van der Waals surface area contributed by atoms with Gasteiger partial charge in [0.2, 0.25) is 0 Å². The lowest BCUT2D eigenvalue weighted by molar-refractivity contribution is 0.0843. The van der Waals surface area contributed by atoms with E-state index in [-0.39, 0.29) is 12.5 Å². The lowest BCUT2D eigenvalue weighted by Gasteiger charge is -2.26. The summed E-state index contributed by atoms with van der Waals surface area (Å²) in [5, 5.41) is 17.3. The Hall–Kier alpha value is -1.88. The molecule has 0 spiro atoms. The molecule has 1 amide bonds. The molecule has 0 aliphatic heterocycles. The first-order valence-electron chi connectivity index (χ1n) is 6.36. The number of hydrogen-bond donors (Lipinski definition) is 2. The molecule has 0 aliphatic rings. The molecular weight excluding hydrogens is 242 g/mol. The molecule has 102 valence electrons. The van der Waals surface area contributed by atoms with Crippen molar-refractivity contribution in [3.8, 4) is 0 Å². The molecule has 5 nitrogen and oxygen atoms in total. The van der Waals surface area contributed by atoms with Gasteiger partial charge >= 0.3 is 0 Å². The minimum atomic E-state index is -0.615. The minimum absolute atomic E-state index is 0.0972. The Morgan fingerprint density at radius 2 is 2.16 bits per heavy atom. The Bertz CT molecular complexity index is 600. The largest absolute Gasteiger partial charge is 0.394 e. The molecule has 1 atom stereocenters. The molecule has 1 aromatic carbocycles. The average Bonchev–Trinajstić information content (AvgIpc) is 2.77. The molecule has 0 radical (unpaired) electrons. The Morgan fingerprint density at radius 1 is 1.47 bits per heavy atom. The van der Waals surface area contributed by atoms with E-state index in [0.29, 0.717) is 12.1 Å². The number of para-hydroxylation sites is 1. The summed E-state index contributed by atoms with van der Waals surface area (Å²) in [6, 6.07) is 7.59. The fourth-order valence-corrected chi connectivity index (χ4v) is 1.95. The second kappa shape index (κ2) is 5.01. The lowest BCUT2D eigenvalue weighted by atomic mass is 10.00. The van der Waals surface area contributed by atoms with Crippen LogP contribution in [0.1, 0.15) is 30.8 Å². The smallest absolute Gasteiger partial charge is 0.272 e. The first kappa shape index (κ1) is 13.5. The Kier molecular flexibility index (Phi) is 3.57. The van der Waals surface area contributed by atoms with Gasteiger partial charge in [-0.15, -0.1) is 0 Å². The number of carbonyl (C=O) groups excluding carboxylic acids is 1. The molecule has 0 aliphatic carbocycles. The minimum Gasteiger partial charge on any atom is -0.394 e. The van der Waals surface area contributed by atoms with Gasteiger partial charge in [-0.05, 0) is 19.4 Å². The molecule has 1 heterocycles. The number of carbonyl (C=O) groups is 1. The number of aliphatic hydroxyl groups is 1. The van der Waals surface area contributed by atoms with E-state index in [1.54, 1.807) is 4.68 Å². The second-order valence-electron chi connectivity index (χ2n) is 5.02. The van der Waals surface area contributed by atoms with E-state index < -0.39 is 5.54 Å². The van der Waals surface area contributed by atoms with Crippen molar-refractivity contribution in [2.24, 2.45) is 7.05 Å². The third kappa shape index (κ3) is 2.46. The van der Waals surface area contributed by atoms with Gasteiger partial charge in [-0.25, -0.2) is 0 Å². The van der Waals surface area contributed by atoms with Crippen LogP contribution in [0.4, 0.5) is 0 Å². The number of aromatic nitrogens is 2. The number of hydrogen-bond acceptors (Lipinski definition) is 3. The second-order valence-corrected chi connectivity index (χ2v) is 5.02. The van der Waals surface area contributed by atoms with Crippen molar-refractivity contribution in [2.45, 2.75) is 25.8 Å². The molecule has 1 aromatic heterocycles. The third-order valence-electron chi connectivity index (χ3n) is 3.52. The molecule has 2 N–H and O–H groups in total. The highest BCUT2D eigenvalue weighted by Crippen LogP contribution is 2.18. The number of aryl methyl sites for hydroxylation is 1. The number of rotatable bonds is 4. The van der Waals surface area contributed by atoms with Gasteiger partial charge < -0.3 is 10.4 Å². The Morgan fingerprint density at radius 3 is 2.79 bits per heavy atom. The van der Waals surface area contributed by atoms with Gasteiger partial charge in [-0.2, -0.15) is 5.10 Å². The third-order valence-corrected chi connectivity index (χ3v) is 3.52. The van der Waals surface area contributed by atoms with Gasteiger partial charge in [0.25, 0.3) is 5.91 Å². The van der Waals surface area contributed by atoms with Crippen LogP contribution in [0.5, 0.6) is 0 Å². The number of fused-ring (bicyclic) bond motifs is 1.